The molecular weight excluding hydrogens is 248 g/mol. The minimum atomic E-state index is 0.358. The highest BCUT2D eigenvalue weighted by atomic mass is 16.2. The topological polar surface area (TPSA) is 46.3 Å². The van der Waals surface area contributed by atoms with Crippen LogP contribution in [-0.2, 0) is 4.79 Å². The smallest absolute Gasteiger partial charge is 0.222 e. The highest BCUT2D eigenvalue weighted by Gasteiger charge is 2.36. The Bertz CT molecular complexity index is 297. The summed E-state index contributed by atoms with van der Waals surface area (Å²) < 4.78 is 0. The normalized spacial score (nSPS) is 19.6. The maximum absolute atomic E-state index is 12.4. The minimum Gasteiger partial charge on any atom is -0.342 e. The fourth-order valence-corrected chi connectivity index (χ4v) is 3.47. The Labute approximate surface area is 125 Å². The Morgan fingerprint density at radius 1 is 1.25 bits per heavy atom. The van der Waals surface area contributed by atoms with Gasteiger partial charge in [-0.3, -0.25) is 4.79 Å². The summed E-state index contributed by atoms with van der Waals surface area (Å²) in [5, 5.41) is 0. The first-order chi connectivity index (χ1) is 9.48. The summed E-state index contributed by atoms with van der Waals surface area (Å²) in [6, 6.07) is 0. The predicted octanol–water partition coefficient (Wildman–Crippen LogP) is 3.43. The van der Waals surface area contributed by atoms with Crippen molar-refractivity contribution in [2.24, 2.45) is 23.0 Å². The van der Waals surface area contributed by atoms with Crippen molar-refractivity contribution in [2.45, 2.75) is 66.2 Å². The maximum atomic E-state index is 12.4. The Morgan fingerprint density at radius 2 is 1.90 bits per heavy atom. The van der Waals surface area contributed by atoms with E-state index in [0.29, 0.717) is 29.6 Å². The largest absolute Gasteiger partial charge is 0.342 e. The van der Waals surface area contributed by atoms with Crippen LogP contribution in [0.5, 0.6) is 0 Å². The van der Waals surface area contributed by atoms with Gasteiger partial charge < -0.3 is 10.6 Å². The van der Waals surface area contributed by atoms with Crippen molar-refractivity contribution in [3.05, 3.63) is 0 Å². The van der Waals surface area contributed by atoms with E-state index >= 15 is 0 Å². The molecule has 0 bridgehead atoms. The SMILES string of the molecule is CCC1(CC)CCN(C(=O)CCC(CCN)C(C)C)C1. The van der Waals surface area contributed by atoms with Gasteiger partial charge in [-0.25, -0.2) is 0 Å². The molecule has 0 aromatic carbocycles. The minimum absolute atomic E-state index is 0.358. The third kappa shape index (κ3) is 4.47. The summed E-state index contributed by atoms with van der Waals surface area (Å²) in [6.07, 6.45) is 6.30. The Kier molecular flexibility index (Phi) is 7.01. The Hall–Kier alpha value is -0.570. The molecule has 1 rings (SSSR count). The second-order valence-corrected chi connectivity index (χ2v) is 6.89. The van der Waals surface area contributed by atoms with Crippen LogP contribution >= 0.6 is 0 Å². The summed E-state index contributed by atoms with van der Waals surface area (Å²) in [6.45, 7) is 11.7. The van der Waals surface area contributed by atoms with E-state index in [9.17, 15) is 4.79 Å². The lowest BCUT2D eigenvalue weighted by Crippen LogP contribution is -2.32. The number of rotatable bonds is 8. The average molecular weight is 282 g/mol. The van der Waals surface area contributed by atoms with Crippen LogP contribution in [0.4, 0.5) is 0 Å². The van der Waals surface area contributed by atoms with E-state index in [1.807, 2.05) is 0 Å². The molecule has 1 heterocycles. The van der Waals surface area contributed by atoms with Crippen molar-refractivity contribution in [1.29, 1.82) is 0 Å². The van der Waals surface area contributed by atoms with Crippen molar-refractivity contribution >= 4 is 5.91 Å². The van der Waals surface area contributed by atoms with E-state index in [0.717, 1.165) is 32.5 Å². The van der Waals surface area contributed by atoms with Gasteiger partial charge in [0, 0.05) is 19.5 Å². The standard InChI is InChI=1S/C17H34N2O/c1-5-17(6-2)10-12-19(13-17)16(20)8-7-15(9-11-18)14(3)4/h14-15H,5-13,18H2,1-4H3. The number of nitrogens with two attached hydrogens (primary N) is 1. The number of amides is 1. The first kappa shape index (κ1) is 17.5. The molecule has 1 aliphatic heterocycles. The van der Waals surface area contributed by atoms with Crippen LogP contribution in [0.25, 0.3) is 0 Å². The molecule has 0 aliphatic carbocycles. The van der Waals surface area contributed by atoms with Gasteiger partial charge in [0.25, 0.3) is 0 Å². The fourth-order valence-electron chi connectivity index (χ4n) is 3.47. The van der Waals surface area contributed by atoms with Gasteiger partial charge >= 0.3 is 0 Å². The van der Waals surface area contributed by atoms with Crippen LogP contribution in [0.2, 0.25) is 0 Å². The number of hydrogen-bond acceptors (Lipinski definition) is 2. The molecule has 118 valence electrons. The zero-order valence-corrected chi connectivity index (χ0v) is 14.0. The lowest BCUT2D eigenvalue weighted by molar-refractivity contribution is -0.131. The third-order valence-corrected chi connectivity index (χ3v) is 5.50. The van der Waals surface area contributed by atoms with Gasteiger partial charge in [0.05, 0.1) is 0 Å². The monoisotopic (exact) mass is 282 g/mol. The molecule has 1 amide bonds. The second-order valence-electron chi connectivity index (χ2n) is 6.89. The third-order valence-electron chi connectivity index (χ3n) is 5.50. The average Bonchev–Trinajstić information content (AvgIpc) is 2.88. The molecule has 2 N–H and O–H groups in total. The summed E-state index contributed by atoms with van der Waals surface area (Å²) in [7, 11) is 0. The molecule has 1 saturated heterocycles. The van der Waals surface area contributed by atoms with Crippen LogP contribution in [0.1, 0.15) is 66.2 Å². The molecule has 0 aromatic rings. The molecule has 0 saturated carbocycles. The summed E-state index contributed by atoms with van der Waals surface area (Å²) in [5.74, 6) is 1.57. The van der Waals surface area contributed by atoms with Crippen molar-refractivity contribution < 1.29 is 4.79 Å². The first-order valence-corrected chi connectivity index (χ1v) is 8.45. The van der Waals surface area contributed by atoms with Crippen molar-refractivity contribution in [3.63, 3.8) is 0 Å². The zero-order valence-electron chi connectivity index (χ0n) is 14.0. The van der Waals surface area contributed by atoms with E-state index in [1.165, 1.54) is 19.3 Å². The van der Waals surface area contributed by atoms with Gasteiger partial charge in [-0.1, -0.05) is 27.7 Å². The van der Waals surface area contributed by atoms with Gasteiger partial charge in [-0.05, 0) is 55.9 Å². The van der Waals surface area contributed by atoms with Gasteiger partial charge in [-0.2, -0.15) is 0 Å². The molecule has 3 heteroatoms. The van der Waals surface area contributed by atoms with Crippen molar-refractivity contribution in [3.8, 4) is 0 Å². The van der Waals surface area contributed by atoms with Crippen LogP contribution in [0.3, 0.4) is 0 Å². The first-order valence-electron chi connectivity index (χ1n) is 8.45. The van der Waals surface area contributed by atoms with Gasteiger partial charge in [0.1, 0.15) is 0 Å². The molecule has 1 unspecified atom stereocenters. The summed E-state index contributed by atoms with van der Waals surface area (Å²) >= 11 is 0. The molecule has 1 fully saturated rings. The molecule has 0 aromatic heterocycles. The van der Waals surface area contributed by atoms with E-state index in [-0.39, 0.29) is 0 Å². The van der Waals surface area contributed by atoms with E-state index in [2.05, 4.69) is 32.6 Å². The van der Waals surface area contributed by atoms with Gasteiger partial charge in [-0.15, -0.1) is 0 Å². The highest BCUT2D eigenvalue weighted by molar-refractivity contribution is 5.76. The lowest BCUT2D eigenvalue weighted by atomic mass is 9.82. The molecule has 20 heavy (non-hydrogen) atoms. The van der Waals surface area contributed by atoms with Crippen molar-refractivity contribution in [2.75, 3.05) is 19.6 Å². The van der Waals surface area contributed by atoms with E-state index < -0.39 is 0 Å². The summed E-state index contributed by atoms with van der Waals surface area (Å²) in [4.78, 5) is 14.5. The van der Waals surface area contributed by atoms with Crippen LogP contribution in [0.15, 0.2) is 0 Å². The van der Waals surface area contributed by atoms with Gasteiger partial charge in [0.15, 0.2) is 0 Å². The lowest BCUT2D eigenvalue weighted by Gasteiger charge is -2.27. The zero-order chi connectivity index (χ0) is 15.2. The molecule has 0 spiro atoms. The number of likely N-dealkylation sites (tertiary alicyclic amines) is 1. The van der Waals surface area contributed by atoms with Gasteiger partial charge in [0.2, 0.25) is 5.91 Å². The molecule has 1 aliphatic rings. The quantitative estimate of drug-likeness (QED) is 0.741. The number of carbonyl (C=O) groups is 1. The second kappa shape index (κ2) is 8.02. The Balaban J connectivity index is 2.44. The number of carbonyl (C=O) groups excluding carboxylic acids is 1. The van der Waals surface area contributed by atoms with E-state index in [1.54, 1.807) is 0 Å². The maximum Gasteiger partial charge on any atom is 0.222 e. The predicted molar refractivity (Wildman–Crippen MR) is 85.4 cm³/mol. The van der Waals surface area contributed by atoms with Crippen LogP contribution < -0.4 is 5.73 Å². The summed E-state index contributed by atoms with van der Waals surface area (Å²) in [5.41, 5.74) is 6.07. The highest BCUT2D eigenvalue weighted by Crippen LogP contribution is 2.37. The van der Waals surface area contributed by atoms with E-state index in [4.69, 9.17) is 5.73 Å². The number of hydrogen-bond donors (Lipinski definition) is 1. The molecule has 1 atom stereocenters. The fraction of sp³-hybridized carbons (Fsp3) is 0.941. The van der Waals surface area contributed by atoms with Crippen LogP contribution in [0, 0.1) is 17.3 Å². The van der Waals surface area contributed by atoms with Crippen molar-refractivity contribution in [1.82, 2.24) is 4.90 Å². The Morgan fingerprint density at radius 3 is 2.35 bits per heavy atom. The molecule has 0 radical (unpaired) electrons. The molecule has 3 nitrogen and oxygen atoms in total. The molecular formula is C17H34N2O. The number of nitrogens with zero attached hydrogens (tertiary/aromatic N) is 1. The van der Waals surface area contributed by atoms with Crippen LogP contribution in [-0.4, -0.2) is 30.4 Å².